The Morgan fingerprint density at radius 1 is 1.13 bits per heavy atom. The van der Waals surface area contributed by atoms with Gasteiger partial charge in [0, 0.05) is 7.05 Å². The standard InChI is InChI=1S/C20H29N11O9P2S3/c1-24-31(16-11(21)18(33)29-20(23)28-16)19-14-12(32)10(45-19)5-38-42(35,44)39-13-7(3-36-9(13)4-37-41(34,43)40-14)8-2-25-17-15(22)26-6-27-30(8)17/h2,6-7,9-10,12-14,19,24,32H,3-5,21H2,1H3,(H,34,43)(H,35,44)(H2,22,26,27)(H3,23,28,29,33)/t7?,9-,10-,12-,13+,14-,19-,41?,42?/m1/s1. The van der Waals surface area contributed by atoms with Crippen molar-refractivity contribution in [2.24, 2.45) is 0 Å². The number of hydrazine groups is 1. The number of thioether (sulfide) groups is 1. The Balaban J connectivity index is 1.31. The Hall–Kier alpha value is -2.14. The van der Waals surface area contributed by atoms with E-state index in [4.69, 9.17) is 40.0 Å². The number of rotatable bonds is 4. The Morgan fingerprint density at radius 3 is 2.58 bits per heavy atom. The number of nitrogens with zero attached hydrogens (tertiary/aromatic N) is 6. The van der Waals surface area contributed by atoms with Gasteiger partial charge in [-0.1, -0.05) is 24.5 Å². The molecule has 3 aromatic heterocycles. The number of nitrogen functional groups attached to an aromatic ring is 3. The summed E-state index contributed by atoms with van der Waals surface area (Å²) in [6.45, 7) is -9.13. The second-order valence-electron chi connectivity index (χ2n) is 10.0. The number of nitrogens with two attached hydrogens (primary N) is 3. The van der Waals surface area contributed by atoms with Crippen LogP contribution in [-0.2, 0) is 32.0 Å². The molecule has 9 N–H and O–H groups in total. The normalized spacial score (nSPS) is 35.8. The van der Waals surface area contributed by atoms with E-state index in [1.807, 2.05) is 0 Å². The van der Waals surface area contributed by atoms with Crippen molar-refractivity contribution < 1.29 is 37.1 Å². The Labute approximate surface area is 268 Å². The molecule has 9 atom stereocenters. The average molecular weight is 726 g/mol. The van der Waals surface area contributed by atoms with Gasteiger partial charge < -0.3 is 27.0 Å². The number of nitrogens with one attached hydrogen (secondary N) is 2. The zero-order valence-corrected chi connectivity index (χ0v) is 27.5. The number of ether oxygens (including phenoxy) is 1. The summed E-state index contributed by atoms with van der Waals surface area (Å²) in [4.78, 5) is 26.9. The fraction of sp³-hybridized carbons (Fsp3) is 0.550. The summed E-state index contributed by atoms with van der Waals surface area (Å²) in [6, 6.07) is 0. The number of aliphatic hydroxyl groups excluding tert-OH is 1. The van der Waals surface area contributed by atoms with Crippen LogP contribution in [0.25, 0.3) is 5.65 Å². The van der Waals surface area contributed by atoms with E-state index in [2.05, 4.69) is 55.0 Å². The third kappa shape index (κ3) is 6.41. The van der Waals surface area contributed by atoms with Gasteiger partial charge in [-0.05, 0) is 0 Å². The van der Waals surface area contributed by atoms with Crippen molar-refractivity contribution in [2.75, 3.05) is 49.1 Å². The predicted molar refractivity (Wildman–Crippen MR) is 169 cm³/mol. The van der Waals surface area contributed by atoms with Gasteiger partial charge >= 0.3 is 13.6 Å². The number of aliphatic hydroxyl groups is 1. The summed E-state index contributed by atoms with van der Waals surface area (Å²) in [7, 11) is 1.50. The molecule has 2 bridgehead atoms. The predicted octanol–water partition coefficient (Wildman–Crippen LogP) is -0.227. The number of H-pyrrole nitrogens is 1. The number of imidazole rings is 1. The maximum absolute atomic E-state index is 13.6. The molecule has 3 aliphatic heterocycles. The highest BCUT2D eigenvalue weighted by Gasteiger charge is 2.52. The van der Waals surface area contributed by atoms with E-state index >= 15 is 0 Å². The van der Waals surface area contributed by atoms with Crippen LogP contribution in [0.1, 0.15) is 11.6 Å². The van der Waals surface area contributed by atoms with Crippen molar-refractivity contribution in [1.82, 2.24) is 35.0 Å². The number of aromatic amines is 1. The van der Waals surface area contributed by atoms with E-state index in [9.17, 15) is 19.0 Å². The lowest BCUT2D eigenvalue weighted by atomic mass is 9.99. The molecule has 20 nitrogen and oxygen atoms in total. The molecule has 3 aromatic rings. The third-order valence-corrected chi connectivity index (χ3v) is 12.0. The van der Waals surface area contributed by atoms with Gasteiger partial charge in [-0.2, -0.15) is 10.1 Å². The molecule has 3 aliphatic rings. The number of hydrogen-bond acceptors (Lipinski definition) is 19. The van der Waals surface area contributed by atoms with Gasteiger partial charge in [0.25, 0.3) is 5.56 Å². The zero-order valence-electron chi connectivity index (χ0n) is 23.1. The van der Waals surface area contributed by atoms with E-state index in [1.165, 1.54) is 29.1 Å². The molecule has 6 heterocycles. The van der Waals surface area contributed by atoms with Gasteiger partial charge in [-0.25, -0.2) is 29.0 Å². The minimum Gasteiger partial charge on any atom is -0.391 e. The van der Waals surface area contributed by atoms with Gasteiger partial charge in [-0.15, -0.1) is 11.8 Å². The highest BCUT2D eigenvalue weighted by Crippen LogP contribution is 2.61. The number of thiol groups is 2. The largest absolute Gasteiger partial charge is 0.391 e. The molecule has 45 heavy (non-hydrogen) atoms. The van der Waals surface area contributed by atoms with Crippen LogP contribution in [0.4, 0.5) is 23.3 Å². The highest BCUT2D eigenvalue weighted by atomic mass is 32.7. The Morgan fingerprint density at radius 2 is 1.84 bits per heavy atom. The minimum atomic E-state index is -4.25. The van der Waals surface area contributed by atoms with Crippen molar-refractivity contribution in [3.05, 3.63) is 28.6 Å². The molecule has 6 rings (SSSR count). The van der Waals surface area contributed by atoms with Crippen LogP contribution >= 0.6 is 49.9 Å². The van der Waals surface area contributed by atoms with Crippen molar-refractivity contribution in [3.63, 3.8) is 0 Å². The molecule has 0 radical (unpaired) electrons. The van der Waals surface area contributed by atoms with Gasteiger partial charge in [0.15, 0.2) is 17.3 Å². The van der Waals surface area contributed by atoms with E-state index < -0.39 is 66.7 Å². The third-order valence-electron chi connectivity index (χ3n) is 7.29. The van der Waals surface area contributed by atoms with Crippen molar-refractivity contribution in [2.45, 2.75) is 41.0 Å². The van der Waals surface area contributed by atoms with Gasteiger partial charge in [0.2, 0.25) is 5.95 Å². The summed E-state index contributed by atoms with van der Waals surface area (Å²) in [5.41, 5.74) is 20.3. The van der Waals surface area contributed by atoms with Crippen LogP contribution in [-0.4, -0.2) is 96.6 Å². The lowest BCUT2D eigenvalue weighted by Gasteiger charge is -2.34. The van der Waals surface area contributed by atoms with Crippen LogP contribution in [0.15, 0.2) is 17.3 Å². The summed E-state index contributed by atoms with van der Waals surface area (Å²) in [5, 5.41) is 15.0. The molecule has 0 aliphatic carbocycles. The maximum Gasteiger partial charge on any atom is 0.386 e. The topological polar surface area (TPSA) is 283 Å². The van der Waals surface area contributed by atoms with Crippen LogP contribution in [0.5, 0.6) is 0 Å². The first-order chi connectivity index (χ1) is 21.3. The average Bonchev–Trinajstić information content (AvgIpc) is 3.66. The molecule has 3 unspecified atom stereocenters. The molecular weight excluding hydrogens is 696 g/mol. The SMILES string of the molecule is CNN(c1nc(N)[nH]c(=O)c1N)[C@@H]1S[C@@H]2COP(=O)(S)O[C@H]3C(c4cnc5c(N)ncnn45)CO[C@@H]3COP(=O)(S)O[C@@H]1[C@@H]2O. The minimum absolute atomic E-state index is 0.0364. The second kappa shape index (κ2) is 12.5. The quantitative estimate of drug-likeness (QED) is 0.0979. The first kappa shape index (κ1) is 32.8. The molecule has 25 heteroatoms. The number of fused-ring (bicyclic) bond motifs is 4. The summed E-state index contributed by atoms with van der Waals surface area (Å²) in [6.07, 6.45) is -1.92. The Kier molecular flexibility index (Phi) is 9.09. The van der Waals surface area contributed by atoms with Crippen molar-refractivity contribution in [1.29, 1.82) is 0 Å². The lowest BCUT2D eigenvalue weighted by Crippen LogP contribution is -2.50. The number of aromatic nitrogens is 6. The summed E-state index contributed by atoms with van der Waals surface area (Å²) in [5.74, 6) is -0.801. The highest BCUT2D eigenvalue weighted by molar-refractivity contribution is 8.44. The molecule has 0 saturated carbocycles. The molecule has 0 aromatic carbocycles. The summed E-state index contributed by atoms with van der Waals surface area (Å²) >= 11 is 9.41. The van der Waals surface area contributed by atoms with Gasteiger partial charge in [-0.3, -0.25) is 32.9 Å². The number of hydrogen-bond donors (Lipinski definition) is 8. The van der Waals surface area contributed by atoms with Crippen LogP contribution in [0.2, 0.25) is 0 Å². The van der Waals surface area contributed by atoms with E-state index in [0.29, 0.717) is 11.3 Å². The lowest BCUT2D eigenvalue weighted by molar-refractivity contribution is 0.00639. The van der Waals surface area contributed by atoms with E-state index in [0.717, 1.165) is 11.8 Å². The second-order valence-corrected chi connectivity index (χ2v) is 17.2. The van der Waals surface area contributed by atoms with Crippen molar-refractivity contribution >= 4 is 78.8 Å². The van der Waals surface area contributed by atoms with Crippen LogP contribution in [0.3, 0.4) is 0 Å². The molecule has 3 saturated heterocycles. The van der Waals surface area contributed by atoms with Crippen LogP contribution in [0, 0.1) is 0 Å². The van der Waals surface area contributed by atoms with Crippen LogP contribution < -0.4 is 33.2 Å². The monoisotopic (exact) mass is 725 g/mol. The fourth-order valence-electron chi connectivity index (χ4n) is 5.23. The summed E-state index contributed by atoms with van der Waals surface area (Å²) < 4.78 is 57.6. The zero-order chi connectivity index (χ0) is 32.3. The Bertz CT molecular complexity index is 1750. The maximum atomic E-state index is 13.6. The first-order valence-corrected chi connectivity index (χ1v) is 19.4. The molecule has 0 amide bonds. The van der Waals surface area contributed by atoms with E-state index in [-0.39, 0.29) is 36.5 Å². The van der Waals surface area contributed by atoms with Gasteiger partial charge in [0.1, 0.15) is 35.7 Å². The van der Waals surface area contributed by atoms with Gasteiger partial charge in [0.05, 0.1) is 49.0 Å². The molecular formula is C20H29N11O9P2S3. The fourth-order valence-corrected chi connectivity index (χ4v) is 9.92. The first-order valence-electron chi connectivity index (χ1n) is 13.1. The molecule has 3 fully saturated rings. The molecule has 0 spiro atoms. The van der Waals surface area contributed by atoms with Crippen molar-refractivity contribution in [3.8, 4) is 0 Å². The smallest absolute Gasteiger partial charge is 0.386 e. The molecule has 246 valence electrons. The van der Waals surface area contributed by atoms with E-state index in [1.54, 1.807) is 0 Å². The number of anilines is 4.